The fourth-order valence-corrected chi connectivity index (χ4v) is 1.79. The molecule has 0 fully saturated rings. The largest absolute Gasteiger partial charge is 0.497 e. The van der Waals surface area contributed by atoms with E-state index >= 15 is 0 Å². The summed E-state index contributed by atoms with van der Waals surface area (Å²) in [6.45, 7) is 4.13. The van der Waals surface area contributed by atoms with Gasteiger partial charge < -0.3 is 9.15 Å². The molecule has 0 saturated heterocycles. The van der Waals surface area contributed by atoms with Crippen molar-refractivity contribution in [2.24, 2.45) is 0 Å². The summed E-state index contributed by atoms with van der Waals surface area (Å²) in [7, 11) is 1.67. The van der Waals surface area contributed by atoms with Crippen molar-refractivity contribution in [3.05, 3.63) is 41.7 Å². The van der Waals surface area contributed by atoms with E-state index in [1.165, 1.54) is 5.56 Å². The van der Waals surface area contributed by atoms with E-state index in [0.717, 1.165) is 29.3 Å². The quantitative estimate of drug-likeness (QED) is 0.778. The Hall–Kier alpha value is -1.70. The minimum absolute atomic E-state index is 0.851. The fourth-order valence-electron chi connectivity index (χ4n) is 1.79. The maximum absolute atomic E-state index is 5.74. The first-order chi connectivity index (χ1) is 7.74. The molecule has 16 heavy (non-hydrogen) atoms. The Bertz CT molecular complexity index is 483. The molecule has 0 saturated carbocycles. The van der Waals surface area contributed by atoms with Gasteiger partial charge in [0.15, 0.2) is 0 Å². The number of methoxy groups -OCH3 is 1. The summed E-state index contributed by atoms with van der Waals surface area (Å²) in [4.78, 5) is 0. The normalized spacial score (nSPS) is 10.4. The van der Waals surface area contributed by atoms with Gasteiger partial charge in [0.1, 0.15) is 17.3 Å². The van der Waals surface area contributed by atoms with Crippen LogP contribution in [0.2, 0.25) is 0 Å². The second kappa shape index (κ2) is 4.44. The highest BCUT2D eigenvalue weighted by Gasteiger charge is 2.08. The second-order valence-electron chi connectivity index (χ2n) is 3.78. The Labute approximate surface area is 95.9 Å². The van der Waals surface area contributed by atoms with Crippen LogP contribution in [0.4, 0.5) is 0 Å². The van der Waals surface area contributed by atoms with Crippen LogP contribution in [0, 0.1) is 6.92 Å². The first-order valence-electron chi connectivity index (χ1n) is 5.48. The zero-order valence-electron chi connectivity index (χ0n) is 9.91. The predicted molar refractivity (Wildman–Crippen MR) is 64.8 cm³/mol. The summed E-state index contributed by atoms with van der Waals surface area (Å²) in [6, 6.07) is 10.0. The van der Waals surface area contributed by atoms with E-state index in [2.05, 4.69) is 13.0 Å². The monoisotopic (exact) mass is 216 g/mol. The van der Waals surface area contributed by atoms with Crippen LogP contribution in [-0.4, -0.2) is 7.11 Å². The SMILES string of the molecule is CCc1cc(-c2cccc(OC)c2)oc1C. The molecule has 0 aliphatic carbocycles. The van der Waals surface area contributed by atoms with Crippen molar-refractivity contribution in [2.75, 3.05) is 7.11 Å². The zero-order valence-corrected chi connectivity index (χ0v) is 9.91. The van der Waals surface area contributed by atoms with Crippen molar-refractivity contribution in [2.45, 2.75) is 20.3 Å². The molecule has 0 aliphatic heterocycles. The Kier molecular flexibility index (Phi) is 3.00. The smallest absolute Gasteiger partial charge is 0.134 e. The molecule has 0 radical (unpaired) electrons. The Morgan fingerprint density at radius 2 is 2.06 bits per heavy atom. The molecule has 1 aromatic carbocycles. The summed E-state index contributed by atoms with van der Waals surface area (Å²) < 4.78 is 10.9. The van der Waals surface area contributed by atoms with E-state index < -0.39 is 0 Å². The third kappa shape index (κ3) is 1.96. The molecule has 0 atom stereocenters. The summed E-state index contributed by atoms with van der Waals surface area (Å²) in [5.41, 5.74) is 2.32. The standard InChI is InChI=1S/C14H16O2/c1-4-11-9-14(16-10(11)2)12-6-5-7-13(8-12)15-3/h5-9H,4H2,1-3H3. The lowest BCUT2D eigenvalue weighted by Crippen LogP contribution is -1.82. The van der Waals surface area contributed by atoms with Crippen LogP contribution in [0.5, 0.6) is 5.75 Å². The Morgan fingerprint density at radius 3 is 2.69 bits per heavy atom. The summed E-state index contributed by atoms with van der Waals surface area (Å²) in [5.74, 6) is 2.76. The highest BCUT2D eigenvalue weighted by Crippen LogP contribution is 2.28. The summed E-state index contributed by atoms with van der Waals surface area (Å²) >= 11 is 0. The van der Waals surface area contributed by atoms with E-state index in [1.807, 2.05) is 31.2 Å². The zero-order chi connectivity index (χ0) is 11.5. The summed E-state index contributed by atoms with van der Waals surface area (Å²) in [5, 5.41) is 0. The van der Waals surface area contributed by atoms with Crippen LogP contribution in [0.3, 0.4) is 0 Å². The number of furan rings is 1. The highest BCUT2D eigenvalue weighted by atomic mass is 16.5. The lowest BCUT2D eigenvalue weighted by atomic mass is 10.1. The lowest BCUT2D eigenvalue weighted by Gasteiger charge is -2.01. The van der Waals surface area contributed by atoms with Crippen molar-refractivity contribution in [1.82, 2.24) is 0 Å². The van der Waals surface area contributed by atoms with Crippen LogP contribution in [0.15, 0.2) is 34.7 Å². The molecule has 0 unspecified atom stereocenters. The average Bonchev–Trinajstić information content (AvgIpc) is 2.71. The topological polar surface area (TPSA) is 22.4 Å². The van der Waals surface area contributed by atoms with E-state index in [9.17, 15) is 0 Å². The number of ether oxygens (including phenoxy) is 1. The van der Waals surface area contributed by atoms with Gasteiger partial charge in [-0.3, -0.25) is 0 Å². The molecule has 0 amide bonds. The highest BCUT2D eigenvalue weighted by molar-refractivity contribution is 5.61. The van der Waals surface area contributed by atoms with Crippen molar-refractivity contribution >= 4 is 0 Å². The molecule has 2 rings (SSSR count). The van der Waals surface area contributed by atoms with Crippen molar-refractivity contribution in [3.63, 3.8) is 0 Å². The lowest BCUT2D eigenvalue weighted by molar-refractivity contribution is 0.414. The first kappa shape index (κ1) is 10.8. The van der Waals surface area contributed by atoms with Gasteiger partial charge in [0.2, 0.25) is 0 Å². The van der Waals surface area contributed by atoms with Gasteiger partial charge in [0, 0.05) is 5.56 Å². The van der Waals surface area contributed by atoms with Crippen molar-refractivity contribution in [1.29, 1.82) is 0 Å². The number of hydrogen-bond acceptors (Lipinski definition) is 2. The van der Waals surface area contributed by atoms with Gasteiger partial charge in [-0.15, -0.1) is 0 Å². The van der Waals surface area contributed by atoms with Gasteiger partial charge in [0.25, 0.3) is 0 Å². The first-order valence-corrected chi connectivity index (χ1v) is 5.48. The van der Waals surface area contributed by atoms with E-state index in [4.69, 9.17) is 9.15 Å². The van der Waals surface area contributed by atoms with Gasteiger partial charge in [-0.25, -0.2) is 0 Å². The van der Waals surface area contributed by atoms with Gasteiger partial charge >= 0.3 is 0 Å². The van der Waals surface area contributed by atoms with Crippen LogP contribution in [-0.2, 0) is 6.42 Å². The molecular weight excluding hydrogens is 200 g/mol. The van der Waals surface area contributed by atoms with Crippen LogP contribution >= 0.6 is 0 Å². The second-order valence-corrected chi connectivity index (χ2v) is 3.78. The molecule has 1 aromatic heterocycles. The molecule has 0 spiro atoms. The maximum Gasteiger partial charge on any atom is 0.134 e. The molecule has 84 valence electrons. The van der Waals surface area contributed by atoms with Crippen LogP contribution < -0.4 is 4.74 Å². The molecule has 0 N–H and O–H groups in total. The van der Waals surface area contributed by atoms with Gasteiger partial charge in [-0.2, -0.15) is 0 Å². The number of rotatable bonds is 3. The predicted octanol–water partition coefficient (Wildman–Crippen LogP) is 3.83. The van der Waals surface area contributed by atoms with Crippen molar-refractivity contribution in [3.8, 4) is 17.1 Å². The Morgan fingerprint density at radius 1 is 1.25 bits per heavy atom. The molecular formula is C14H16O2. The molecule has 0 aliphatic rings. The third-order valence-corrected chi connectivity index (χ3v) is 2.76. The molecule has 0 bridgehead atoms. The fraction of sp³-hybridized carbons (Fsp3) is 0.286. The minimum Gasteiger partial charge on any atom is -0.497 e. The third-order valence-electron chi connectivity index (χ3n) is 2.76. The minimum atomic E-state index is 0.851. The van der Waals surface area contributed by atoms with Crippen molar-refractivity contribution < 1.29 is 9.15 Å². The number of benzene rings is 1. The van der Waals surface area contributed by atoms with Gasteiger partial charge in [-0.05, 0) is 37.1 Å². The average molecular weight is 216 g/mol. The van der Waals surface area contributed by atoms with Gasteiger partial charge in [0.05, 0.1) is 7.11 Å². The van der Waals surface area contributed by atoms with E-state index in [0.29, 0.717) is 0 Å². The molecule has 2 heteroatoms. The maximum atomic E-state index is 5.74. The van der Waals surface area contributed by atoms with Gasteiger partial charge in [-0.1, -0.05) is 19.1 Å². The van der Waals surface area contributed by atoms with Crippen LogP contribution in [0.1, 0.15) is 18.2 Å². The van der Waals surface area contributed by atoms with Crippen LogP contribution in [0.25, 0.3) is 11.3 Å². The molecule has 2 aromatic rings. The van der Waals surface area contributed by atoms with E-state index in [1.54, 1.807) is 7.11 Å². The summed E-state index contributed by atoms with van der Waals surface area (Å²) in [6.07, 6.45) is 0.999. The number of aryl methyl sites for hydroxylation is 2. The molecule has 2 nitrogen and oxygen atoms in total. The molecule has 1 heterocycles. The van der Waals surface area contributed by atoms with E-state index in [-0.39, 0.29) is 0 Å². The Balaban J connectivity index is 2.41. The number of hydrogen-bond donors (Lipinski definition) is 0.